The highest BCUT2D eigenvalue weighted by Crippen LogP contribution is 2.35. The van der Waals surface area contributed by atoms with Crippen LogP contribution in [0.5, 0.6) is 5.75 Å². The van der Waals surface area contributed by atoms with E-state index in [2.05, 4.69) is 15.2 Å². The van der Waals surface area contributed by atoms with Gasteiger partial charge in [0.2, 0.25) is 5.91 Å². The molecule has 4 rings (SSSR count). The minimum absolute atomic E-state index is 0.00804. The maximum absolute atomic E-state index is 12.3. The molecule has 8 nitrogen and oxygen atoms in total. The number of carboxylic acid groups (broad SMARTS) is 1. The van der Waals surface area contributed by atoms with Crippen LogP contribution in [0.3, 0.4) is 0 Å². The molecule has 31 heavy (non-hydrogen) atoms. The van der Waals surface area contributed by atoms with Crippen molar-refractivity contribution in [1.82, 2.24) is 15.2 Å². The Kier molecular flexibility index (Phi) is 6.27. The average molecular weight is 427 g/mol. The number of fused-ring (bicyclic) bond motifs is 1. The molecule has 1 saturated carbocycles. The Morgan fingerprint density at radius 2 is 1.94 bits per heavy atom. The van der Waals surface area contributed by atoms with Crippen LogP contribution < -0.4 is 15.8 Å². The van der Waals surface area contributed by atoms with E-state index < -0.39 is 5.97 Å². The molecule has 1 amide bonds. The van der Waals surface area contributed by atoms with Crippen LogP contribution in [0.1, 0.15) is 54.6 Å². The van der Waals surface area contributed by atoms with Crippen molar-refractivity contribution in [1.29, 1.82) is 0 Å². The number of carboxylic acids is 1. The zero-order valence-corrected chi connectivity index (χ0v) is 17.9. The Bertz CT molecular complexity index is 979. The van der Waals surface area contributed by atoms with Crippen LogP contribution >= 0.6 is 0 Å². The number of aromatic nitrogens is 1. The first-order valence-electron chi connectivity index (χ1n) is 11.0. The number of ether oxygens (including phenoxy) is 1. The summed E-state index contributed by atoms with van der Waals surface area (Å²) in [5.41, 5.74) is 7.44. The number of likely N-dealkylation sites (tertiary alicyclic amines) is 1. The van der Waals surface area contributed by atoms with Gasteiger partial charge >= 0.3 is 5.97 Å². The molecule has 1 saturated heterocycles. The van der Waals surface area contributed by atoms with Crippen LogP contribution in [0, 0.1) is 6.92 Å². The van der Waals surface area contributed by atoms with Gasteiger partial charge < -0.3 is 20.9 Å². The van der Waals surface area contributed by atoms with E-state index in [9.17, 15) is 14.7 Å². The molecule has 0 spiro atoms. The minimum Gasteiger partial charge on any atom is -0.490 e. The molecule has 2 aromatic rings. The predicted octanol–water partition coefficient (Wildman–Crippen LogP) is 2.73. The maximum Gasteiger partial charge on any atom is 0.339 e. The van der Waals surface area contributed by atoms with Crippen LogP contribution in [0.15, 0.2) is 18.2 Å². The maximum atomic E-state index is 12.3. The molecule has 166 valence electrons. The monoisotopic (exact) mass is 426 g/mol. The van der Waals surface area contributed by atoms with Gasteiger partial charge in [0, 0.05) is 6.04 Å². The average Bonchev–Trinajstić information content (AvgIpc) is 3.22. The Labute approximate surface area is 181 Å². The number of nitrogens with zero attached hydrogens (tertiary/aromatic N) is 2. The second-order valence-electron chi connectivity index (χ2n) is 8.58. The lowest BCUT2D eigenvalue weighted by atomic mass is 9.92. The van der Waals surface area contributed by atoms with E-state index in [-0.39, 0.29) is 29.3 Å². The normalized spacial score (nSPS) is 21.8. The summed E-state index contributed by atoms with van der Waals surface area (Å²) in [6, 6.07) is 5.64. The Balaban J connectivity index is 1.40. The van der Waals surface area contributed by atoms with E-state index in [1.165, 1.54) is 12.8 Å². The number of amides is 1. The van der Waals surface area contributed by atoms with E-state index in [1.54, 1.807) is 6.92 Å². The van der Waals surface area contributed by atoms with E-state index >= 15 is 0 Å². The van der Waals surface area contributed by atoms with Crippen molar-refractivity contribution in [3.05, 3.63) is 29.5 Å². The standard InChI is InChI=1S/C23H30N4O4/c1-14-20(23(29)30)22(24)21-17(25-14)5-4-6-18(21)31-16-9-7-15(8-10-16)26-19(28)13-27-11-2-3-12-27/h4-6,15-16H,2-3,7-13H2,1H3,(H2,24,25)(H,26,28)(H,29,30). The number of rotatable bonds is 6. The summed E-state index contributed by atoms with van der Waals surface area (Å²) in [6.07, 6.45) is 5.69. The summed E-state index contributed by atoms with van der Waals surface area (Å²) in [6.45, 7) is 4.16. The van der Waals surface area contributed by atoms with Crippen molar-refractivity contribution in [3.8, 4) is 5.75 Å². The third kappa shape index (κ3) is 4.74. The van der Waals surface area contributed by atoms with Gasteiger partial charge in [-0.1, -0.05) is 6.07 Å². The molecule has 2 fully saturated rings. The van der Waals surface area contributed by atoms with Crippen LogP contribution in [-0.4, -0.2) is 58.6 Å². The number of pyridine rings is 1. The van der Waals surface area contributed by atoms with E-state index in [4.69, 9.17) is 10.5 Å². The first-order chi connectivity index (χ1) is 14.9. The molecule has 2 aliphatic rings. The number of hydrogen-bond acceptors (Lipinski definition) is 6. The van der Waals surface area contributed by atoms with E-state index in [0.717, 1.165) is 38.8 Å². The number of aryl methyl sites for hydroxylation is 1. The van der Waals surface area contributed by atoms with Gasteiger partial charge in [-0.3, -0.25) is 14.7 Å². The number of aromatic carboxylic acids is 1. The second-order valence-corrected chi connectivity index (χ2v) is 8.58. The zero-order chi connectivity index (χ0) is 22.0. The van der Waals surface area contributed by atoms with Crippen molar-refractivity contribution in [2.45, 2.75) is 57.6 Å². The zero-order valence-electron chi connectivity index (χ0n) is 17.9. The number of nitrogens with two attached hydrogens (primary N) is 1. The van der Waals surface area contributed by atoms with Crippen molar-refractivity contribution < 1.29 is 19.4 Å². The van der Waals surface area contributed by atoms with Crippen molar-refractivity contribution >= 4 is 28.5 Å². The van der Waals surface area contributed by atoms with Crippen LogP contribution in [-0.2, 0) is 4.79 Å². The summed E-state index contributed by atoms with van der Waals surface area (Å²) in [5, 5.41) is 13.2. The SMILES string of the molecule is Cc1nc2cccc(OC3CCC(NC(=O)CN4CCCC4)CC3)c2c(N)c1C(=O)O. The summed E-state index contributed by atoms with van der Waals surface area (Å²) >= 11 is 0. The number of carbonyl (C=O) groups is 2. The third-order valence-corrected chi connectivity index (χ3v) is 6.31. The third-order valence-electron chi connectivity index (χ3n) is 6.31. The first-order valence-corrected chi connectivity index (χ1v) is 11.0. The molecule has 1 aliphatic heterocycles. The second kappa shape index (κ2) is 9.09. The largest absolute Gasteiger partial charge is 0.490 e. The Morgan fingerprint density at radius 1 is 1.23 bits per heavy atom. The minimum atomic E-state index is -1.09. The van der Waals surface area contributed by atoms with E-state index in [1.807, 2.05) is 18.2 Å². The van der Waals surface area contributed by atoms with Crippen LogP contribution in [0.25, 0.3) is 10.9 Å². The molecular weight excluding hydrogens is 396 g/mol. The molecular formula is C23H30N4O4. The topological polar surface area (TPSA) is 118 Å². The van der Waals surface area contributed by atoms with Gasteiger partial charge in [-0.05, 0) is 70.7 Å². The number of carbonyl (C=O) groups excluding carboxylic acids is 1. The molecule has 8 heteroatoms. The van der Waals surface area contributed by atoms with Gasteiger partial charge in [-0.15, -0.1) is 0 Å². The molecule has 1 aromatic carbocycles. The van der Waals surface area contributed by atoms with Crippen molar-refractivity contribution in [3.63, 3.8) is 0 Å². The number of anilines is 1. The molecule has 4 N–H and O–H groups in total. The fourth-order valence-corrected chi connectivity index (χ4v) is 4.73. The number of hydrogen-bond donors (Lipinski definition) is 3. The number of benzene rings is 1. The summed E-state index contributed by atoms with van der Waals surface area (Å²) in [4.78, 5) is 30.5. The van der Waals surface area contributed by atoms with Gasteiger partial charge in [-0.2, -0.15) is 0 Å². The molecule has 0 atom stereocenters. The lowest BCUT2D eigenvalue weighted by molar-refractivity contribution is -0.123. The van der Waals surface area contributed by atoms with Crippen molar-refractivity contribution in [2.24, 2.45) is 0 Å². The van der Waals surface area contributed by atoms with Gasteiger partial charge in [-0.25, -0.2) is 4.79 Å². The van der Waals surface area contributed by atoms with Gasteiger partial charge in [0.15, 0.2) is 0 Å². The van der Waals surface area contributed by atoms with Gasteiger partial charge in [0.1, 0.15) is 11.3 Å². The Hall–Kier alpha value is -2.87. The van der Waals surface area contributed by atoms with Crippen LogP contribution in [0.4, 0.5) is 5.69 Å². The van der Waals surface area contributed by atoms with Crippen molar-refractivity contribution in [2.75, 3.05) is 25.4 Å². The highest BCUT2D eigenvalue weighted by molar-refractivity contribution is 6.06. The number of nitrogen functional groups attached to an aromatic ring is 1. The quantitative estimate of drug-likeness (QED) is 0.650. The molecule has 1 aromatic heterocycles. The van der Waals surface area contributed by atoms with Crippen LogP contribution in [0.2, 0.25) is 0 Å². The summed E-state index contributed by atoms with van der Waals surface area (Å²) < 4.78 is 6.25. The molecule has 0 bridgehead atoms. The fourth-order valence-electron chi connectivity index (χ4n) is 4.73. The molecule has 0 unspecified atom stereocenters. The highest BCUT2D eigenvalue weighted by atomic mass is 16.5. The highest BCUT2D eigenvalue weighted by Gasteiger charge is 2.26. The first kappa shape index (κ1) is 21.4. The molecule has 0 radical (unpaired) electrons. The van der Waals surface area contributed by atoms with Gasteiger partial charge in [0.05, 0.1) is 34.9 Å². The lowest BCUT2D eigenvalue weighted by Gasteiger charge is -2.30. The predicted molar refractivity (Wildman–Crippen MR) is 118 cm³/mol. The fraction of sp³-hybridized carbons (Fsp3) is 0.522. The smallest absolute Gasteiger partial charge is 0.339 e. The number of nitrogens with one attached hydrogen (secondary N) is 1. The lowest BCUT2D eigenvalue weighted by Crippen LogP contribution is -2.43. The molecule has 1 aliphatic carbocycles. The molecule has 2 heterocycles. The summed E-state index contributed by atoms with van der Waals surface area (Å²) in [7, 11) is 0. The van der Waals surface area contributed by atoms with Gasteiger partial charge in [0.25, 0.3) is 0 Å². The Morgan fingerprint density at radius 3 is 2.61 bits per heavy atom. The summed E-state index contributed by atoms with van der Waals surface area (Å²) in [5.74, 6) is -0.424. The van der Waals surface area contributed by atoms with E-state index in [0.29, 0.717) is 28.9 Å².